The molecule has 0 bridgehead atoms. The number of rotatable bonds is 3. The van der Waals surface area contributed by atoms with E-state index in [9.17, 15) is 14.7 Å². The van der Waals surface area contributed by atoms with Crippen molar-refractivity contribution >= 4 is 40.6 Å². The molecule has 2 atom stereocenters. The molecule has 1 aliphatic rings. The van der Waals surface area contributed by atoms with Gasteiger partial charge in [-0.15, -0.1) is 0 Å². The molecule has 0 fully saturated rings. The molecule has 1 aliphatic heterocycles. The number of amides is 1. The van der Waals surface area contributed by atoms with E-state index in [4.69, 9.17) is 23.2 Å². The number of hydrogen-bond donors (Lipinski definition) is 2. The summed E-state index contributed by atoms with van der Waals surface area (Å²) in [6.45, 7) is 3.31. The van der Waals surface area contributed by atoms with E-state index in [0.29, 0.717) is 26.9 Å². The van der Waals surface area contributed by atoms with E-state index in [1.54, 1.807) is 37.3 Å². The van der Waals surface area contributed by atoms with Crippen molar-refractivity contribution in [1.82, 2.24) is 0 Å². The van der Waals surface area contributed by atoms with Crippen LogP contribution in [0.5, 0.6) is 0 Å². The number of anilines is 1. The van der Waals surface area contributed by atoms with Gasteiger partial charge in [-0.25, -0.2) is 0 Å². The Morgan fingerprint density at radius 1 is 1.17 bits per heavy atom. The minimum absolute atomic E-state index is 0.326. The van der Waals surface area contributed by atoms with E-state index in [2.05, 4.69) is 5.32 Å². The lowest BCUT2D eigenvalue weighted by Crippen LogP contribution is -2.44. The molecule has 0 saturated heterocycles. The summed E-state index contributed by atoms with van der Waals surface area (Å²) in [5, 5.41) is 14.7. The second-order valence-electron chi connectivity index (χ2n) is 5.96. The zero-order valence-corrected chi connectivity index (χ0v) is 14.6. The number of nitrogens with one attached hydrogen (secondary N) is 1. The standard InChI is InChI=1S/C18H15Cl2NO3/c1-9-7-13(20)8-14-15(9)21-17(23)18(14,24)10(2)16(22)11-3-5-12(19)6-4-11/h3-8,10,24H,1-2H3,(H,21,23)/t10-,18-/m1/s1. The third kappa shape index (κ3) is 2.51. The van der Waals surface area contributed by atoms with Crippen LogP contribution in [0.1, 0.15) is 28.4 Å². The zero-order valence-electron chi connectivity index (χ0n) is 13.1. The third-order valence-electron chi connectivity index (χ3n) is 4.44. The number of fused-ring (bicyclic) bond motifs is 1. The first-order valence-corrected chi connectivity index (χ1v) is 8.15. The van der Waals surface area contributed by atoms with Crippen molar-refractivity contribution in [2.75, 3.05) is 5.32 Å². The van der Waals surface area contributed by atoms with Gasteiger partial charge in [0.25, 0.3) is 5.91 Å². The van der Waals surface area contributed by atoms with E-state index in [0.717, 1.165) is 5.56 Å². The molecular formula is C18H15Cl2NO3. The average molecular weight is 364 g/mol. The highest BCUT2D eigenvalue weighted by Crippen LogP contribution is 2.44. The van der Waals surface area contributed by atoms with E-state index >= 15 is 0 Å². The van der Waals surface area contributed by atoms with Gasteiger partial charge in [-0.2, -0.15) is 0 Å². The molecular weight excluding hydrogens is 349 g/mol. The van der Waals surface area contributed by atoms with Gasteiger partial charge in [0.2, 0.25) is 0 Å². The van der Waals surface area contributed by atoms with Gasteiger partial charge in [0.1, 0.15) is 0 Å². The second kappa shape index (κ2) is 5.88. The maximum atomic E-state index is 12.8. The van der Waals surface area contributed by atoms with Gasteiger partial charge in [-0.3, -0.25) is 9.59 Å². The largest absolute Gasteiger partial charge is 0.375 e. The fourth-order valence-corrected chi connectivity index (χ4v) is 3.42. The van der Waals surface area contributed by atoms with Gasteiger partial charge in [0, 0.05) is 21.2 Å². The normalized spacial score (nSPS) is 20.5. The van der Waals surface area contributed by atoms with Gasteiger partial charge in [0.05, 0.1) is 11.6 Å². The monoisotopic (exact) mass is 363 g/mol. The van der Waals surface area contributed by atoms with Crippen LogP contribution >= 0.6 is 23.2 Å². The highest BCUT2D eigenvalue weighted by Gasteiger charge is 2.52. The van der Waals surface area contributed by atoms with Gasteiger partial charge in [0.15, 0.2) is 11.4 Å². The molecule has 1 heterocycles. The predicted octanol–water partition coefficient (Wildman–Crippen LogP) is 3.96. The Balaban J connectivity index is 2.06. The summed E-state index contributed by atoms with van der Waals surface area (Å²) in [6, 6.07) is 9.54. The van der Waals surface area contributed by atoms with Crippen LogP contribution in [-0.2, 0) is 10.4 Å². The van der Waals surface area contributed by atoms with Crippen LogP contribution in [0.4, 0.5) is 5.69 Å². The molecule has 0 radical (unpaired) electrons. The molecule has 6 heteroatoms. The van der Waals surface area contributed by atoms with Crippen LogP contribution < -0.4 is 5.32 Å². The van der Waals surface area contributed by atoms with Gasteiger partial charge >= 0.3 is 0 Å². The summed E-state index contributed by atoms with van der Waals surface area (Å²) in [4.78, 5) is 25.2. The number of halogens is 2. The van der Waals surface area contributed by atoms with Crippen LogP contribution in [0.2, 0.25) is 10.0 Å². The molecule has 4 nitrogen and oxygen atoms in total. The van der Waals surface area contributed by atoms with E-state index in [1.165, 1.54) is 13.0 Å². The number of carbonyl (C=O) groups excluding carboxylic acids is 2. The third-order valence-corrected chi connectivity index (χ3v) is 4.91. The molecule has 0 aromatic heterocycles. The summed E-state index contributed by atoms with van der Waals surface area (Å²) >= 11 is 11.9. The molecule has 2 N–H and O–H groups in total. The zero-order chi connectivity index (χ0) is 17.6. The Kier molecular flexibility index (Phi) is 4.16. The summed E-state index contributed by atoms with van der Waals surface area (Å²) in [6.07, 6.45) is 0. The van der Waals surface area contributed by atoms with Crippen LogP contribution in [0.25, 0.3) is 0 Å². The van der Waals surface area contributed by atoms with Crippen LogP contribution in [0.15, 0.2) is 36.4 Å². The average Bonchev–Trinajstić information content (AvgIpc) is 2.80. The minimum atomic E-state index is -1.97. The van der Waals surface area contributed by atoms with Crippen LogP contribution in [-0.4, -0.2) is 16.8 Å². The summed E-state index contributed by atoms with van der Waals surface area (Å²) in [7, 11) is 0. The summed E-state index contributed by atoms with van der Waals surface area (Å²) in [5.41, 5.74) is -0.0370. The van der Waals surface area contributed by atoms with Crippen molar-refractivity contribution in [2.24, 2.45) is 5.92 Å². The first-order chi connectivity index (χ1) is 11.2. The number of aryl methyl sites for hydroxylation is 1. The Hall–Kier alpha value is -1.88. The van der Waals surface area contributed by atoms with Crippen LogP contribution in [0, 0.1) is 12.8 Å². The SMILES string of the molecule is Cc1cc(Cl)cc2c1NC(=O)[C@@]2(O)[C@H](C)C(=O)c1ccc(Cl)cc1. The maximum Gasteiger partial charge on any atom is 0.261 e. The molecule has 0 aliphatic carbocycles. The maximum absolute atomic E-state index is 12.8. The number of ketones is 1. The number of aliphatic hydroxyl groups is 1. The Morgan fingerprint density at radius 2 is 1.79 bits per heavy atom. The number of Topliss-reactive ketones (excluding diaryl/α,β-unsaturated/α-hetero) is 1. The highest BCUT2D eigenvalue weighted by molar-refractivity contribution is 6.31. The topological polar surface area (TPSA) is 66.4 Å². The fourth-order valence-electron chi connectivity index (χ4n) is 3.02. The molecule has 0 saturated carbocycles. The number of hydrogen-bond acceptors (Lipinski definition) is 3. The van der Waals surface area contributed by atoms with Gasteiger partial charge < -0.3 is 10.4 Å². The van der Waals surface area contributed by atoms with Crippen molar-refractivity contribution in [2.45, 2.75) is 19.4 Å². The lowest BCUT2D eigenvalue weighted by atomic mass is 9.79. The fraction of sp³-hybridized carbons (Fsp3) is 0.222. The minimum Gasteiger partial charge on any atom is -0.375 e. The van der Waals surface area contributed by atoms with Crippen molar-refractivity contribution < 1.29 is 14.7 Å². The Morgan fingerprint density at radius 3 is 2.42 bits per heavy atom. The first-order valence-electron chi connectivity index (χ1n) is 7.39. The predicted molar refractivity (Wildman–Crippen MR) is 93.7 cm³/mol. The Bertz CT molecular complexity index is 848. The van der Waals surface area contributed by atoms with Crippen molar-refractivity contribution in [3.8, 4) is 0 Å². The molecule has 2 aromatic rings. The lowest BCUT2D eigenvalue weighted by Gasteiger charge is -2.27. The van der Waals surface area contributed by atoms with Gasteiger partial charge in [-0.1, -0.05) is 30.1 Å². The van der Waals surface area contributed by atoms with Crippen LogP contribution in [0.3, 0.4) is 0 Å². The molecule has 0 unspecified atom stereocenters. The number of carbonyl (C=O) groups is 2. The van der Waals surface area contributed by atoms with Gasteiger partial charge in [-0.05, 0) is 48.9 Å². The molecule has 2 aromatic carbocycles. The lowest BCUT2D eigenvalue weighted by molar-refractivity contribution is -0.137. The molecule has 1 amide bonds. The van der Waals surface area contributed by atoms with E-state index in [1.807, 2.05) is 0 Å². The van der Waals surface area contributed by atoms with E-state index < -0.39 is 17.4 Å². The summed E-state index contributed by atoms with van der Waals surface area (Å²) < 4.78 is 0. The summed E-state index contributed by atoms with van der Waals surface area (Å²) in [5.74, 6) is -1.97. The molecule has 3 rings (SSSR count). The Labute approximate surface area is 149 Å². The molecule has 0 spiro atoms. The quantitative estimate of drug-likeness (QED) is 0.811. The van der Waals surface area contributed by atoms with E-state index in [-0.39, 0.29) is 5.78 Å². The second-order valence-corrected chi connectivity index (χ2v) is 6.83. The molecule has 24 heavy (non-hydrogen) atoms. The van der Waals surface area contributed by atoms with Crippen molar-refractivity contribution in [3.63, 3.8) is 0 Å². The first kappa shape index (κ1) is 17.0. The smallest absolute Gasteiger partial charge is 0.261 e. The van der Waals surface area contributed by atoms with Crippen molar-refractivity contribution in [3.05, 3.63) is 63.1 Å². The van der Waals surface area contributed by atoms with Crippen molar-refractivity contribution in [1.29, 1.82) is 0 Å². The number of benzene rings is 2. The molecule has 124 valence electrons. The highest BCUT2D eigenvalue weighted by atomic mass is 35.5.